The molecule has 0 aliphatic carbocycles. The van der Waals surface area contributed by atoms with Crippen LogP contribution in [-0.4, -0.2) is 15.8 Å². The lowest BCUT2D eigenvalue weighted by Crippen LogP contribution is -2.45. The summed E-state index contributed by atoms with van der Waals surface area (Å²) in [5.41, 5.74) is 1.62. The first-order chi connectivity index (χ1) is 12.2. The summed E-state index contributed by atoms with van der Waals surface area (Å²) in [6.45, 7) is 2.99. The van der Waals surface area contributed by atoms with E-state index in [4.69, 9.17) is 0 Å². The fraction of sp³-hybridized carbons (Fsp3) is 0.211. The monoisotopic (exact) mass is 336 g/mol. The van der Waals surface area contributed by atoms with Gasteiger partial charge in [0.15, 0.2) is 0 Å². The summed E-state index contributed by atoms with van der Waals surface area (Å²) in [6, 6.07) is 19.1. The number of aryl methyl sites for hydroxylation is 1. The molecule has 128 valence electrons. The first-order valence-electron chi connectivity index (χ1n) is 8.21. The van der Waals surface area contributed by atoms with E-state index < -0.39 is 5.90 Å². The zero-order valence-corrected chi connectivity index (χ0v) is 14.1. The molecule has 0 aliphatic rings. The van der Waals surface area contributed by atoms with Crippen molar-refractivity contribution >= 4 is 5.90 Å². The van der Waals surface area contributed by atoms with Crippen LogP contribution >= 0.6 is 0 Å². The van der Waals surface area contributed by atoms with E-state index in [0.717, 1.165) is 11.1 Å². The molecule has 3 rings (SSSR count). The van der Waals surface area contributed by atoms with E-state index in [1.54, 1.807) is 4.68 Å². The summed E-state index contributed by atoms with van der Waals surface area (Å²) < 4.78 is 2.98. The maximum Gasteiger partial charge on any atom is 0.401 e. The molecular weight excluding hydrogens is 316 g/mol. The van der Waals surface area contributed by atoms with Crippen molar-refractivity contribution in [2.75, 3.05) is 0 Å². The summed E-state index contributed by atoms with van der Waals surface area (Å²) >= 11 is 0. The number of rotatable bonds is 6. The third kappa shape index (κ3) is 3.85. The van der Waals surface area contributed by atoms with Crippen molar-refractivity contribution in [3.63, 3.8) is 0 Å². The molecule has 0 aliphatic heterocycles. The molecular formula is C19H20N4O2. The van der Waals surface area contributed by atoms with Gasteiger partial charge in [0.25, 0.3) is 0 Å². The standard InChI is InChI=1S/C19H20N4O2/c1-2-22-17(18(24)20-13-15-9-5-3-6-10-15)19(25)23(21-22)14-16-11-7-4-8-12-16/h3-12H,2,13-14H2,1H3,(H-,20,21,24,25). The van der Waals surface area contributed by atoms with Gasteiger partial charge in [-0.3, -0.25) is 4.99 Å². The highest BCUT2D eigenvalue weighted by Crippen LogP contribution is 2.01. The second kappa shape index (κ2) is 7.61. The maximum atomic E-state index is 12.6. The zero-order chi connectivity index (χ0) is 17.6. The molecule has 6 heteroatoms. The van der Waals surface area contributed by atoms with Gasteiger partial charge >= 0.3 is 5.56 Å². The Kier molecular flexibility index (Phi) is 5.09. The Hall–Kier alpha value is -3.15. The highest BCUT2D eigenvalue weighted by molar-refractivity contribution is 5.86. The Morgan fingerprint density at radius 1 is 1.08 bits per heavy atom. The van der Waals surface area contributed by atoms with Gasteiger partial charge in [-0.1, -0.05) is 65.9 Å². The van der Waals surface area contributed by atoms with Crippen LogP contribution in [0, 0.1) is 0 Å². The average Bonchev–Trinajstić information content (AvgIpc) is 2.97. The Bertz CT molecular complexity index is 912. The number of benzene rings is 2. The second-order valence-corrected chi connectivity index (χ2v) is 5.68. The number of aliphatic imine (C=N–C) groups is 1. The van der Waals surface area contributed by atoms with Gasteiger partial charge in [0.2, 0.25) is 5.69 Å². The second-order valence-electron chi connectivity index (χ2n) is 5.68. The number of nitrogens with zero attached hydrogens (tertiary/aromatic N) is 3. The lowest BCUT2D eigenvalue weighted by atomic mass is 10.2. The number of H-pyrrole nitrogens is 1. The molecule has 1 heterocycles. The average molecular weight is 336 g/mol. The smallest absolute Gasteiger partial charge is 0.401 e. The van der Waals surface area contributed by atoms with Crippen molar-refractivity contribution in [1.82, 2.24) is 9.90 Å². The fourth-order valence-electron chi connectivity index (χ4n) is 2.61. The number of nitrogens with one attached hydrogen (secondary N) is 1. The van der Waals surface area contributed by atoms with Gasteiger partial charge in [-0.2, -0.15) is 4.68 Å². The van der Waals surface area contributed by atoms with Gasteiger partial charge in [0, 0.05) is 5.90 Å². The van der Waals surface area contributed by atoms with Crippen molar-refractivity contribution in [1.29, 1.82) is 0 Å². The molecule has 25 heavy (non-hydrogen) atoms. The highest BCUT2D eigenvalue weighted by atomic mass is 16.3. The molecule has 2 aromatic carbocycles. The van der Waals surface area contributed by atoms with Gasteiger partial charge in [-0.15, -0.1) is 4.68 Å². The van der Waals surface area contributed by atoms with Gasteiger partial charge in [-0.05, 0) is 18.1 Å². The van der Waals surface area contributed by atoms with Crippen molar-refractivity contribution in [3.05, 3.63) is 87.8 Å². The van der Waals surface area contributed by atoms with Gasteiger partial charge in [-0.25, -0.2) is 4.79 Å². The molecule has 1 N–H and O–H groups in total. The van der Waals surface area contributed by atoms with E-state index in [1.807, 2.05) is 67.6 Å². The SMILES string of the molecule is CC[n+]1[nH]n(Cc2ccccc2)c(=O)c1C([O-])=NCc1ccccc1. The van der Waals surface area contributed by atoms with E-state index in [9.17, 15) is 9.90 Å². The topological polar surface area (TPSA) is 77.1 Å². The van der Waals surface area contributed by atoms with Crippen LogP contribution in [0.4, 0.5) is 0 Å². The Labute approximate surface area is 145 Å². The fourth-order valence-corrected chi connectivity index (χ4v) is 2.61. The minimum atomic E-state index is -0.501. The van der Waals surface area contributed by atoms with E-state index >= 15 is 0 Å². The van der Waals surface area contributed by atoms with Gasteiger partial charge in [0.05, 0.1) is 6.54 Å². The number of aromatic nitrogens is 3. The highest BCUT2D eigenvalue weighted by Gasteiger charge is 2.20. The van der Waals surface area contributed by atoms with E-state index in [-0.39, 0.29) is 17.8 Å². The molecule has 1 aromatic heterocycles. The molecule has 6 nitrogen and oxygen atoms in total. The minimum Gasteiger partial charge on any atom is -0.856 e. The summed E-state index contributed by atoms with van der Waals surface area (Å²) in [5, 5.41) is 15.4. The van der Waals surface area contributed by atoms with Crippen molar-refractivity contribution in [2.24, 2.45) is 4.99 Å². The number of hydrogen-bond acceptors (Lipinski definition) is 3. The molecule has 0 unspecified atom stereocenters. The molecule has 0 spiro atoms. The molecule has 0 radical (unpaired) electrons. The predicted octanol–water partition coefficient (Wildman–Crippen LogP) is 0.839. The van der Waals surface area contributed by atoms with Crippen molar-refractivity contribution in [3.8, 4) is 0 Å². The van der Waals surface area contributed by atoms with Crippen LogP contribution in [0.1, 0.15) is 23.7 Å². The third-order valence-electron chi connectivity index (χ3n) is 3.91. The zero-order valence-electron chi connectivity index (χ0n) is 14.1. The molecule has 0 atom stereocenters. The first kappa shape index (κ1) is 16.7. The summed E-state index contributed by atoms with van der Waals surface area (Å²) in [6.07, 6.45) is 0. The van der Waals surface area contributed by atoms with Crippen molar-refractivity contribution < 1.29 is 9.79 Å². The normalized spacial score (nSPS) is 11.6. The molecule has 0 saturated heterocycles. The van der Waals surface area contributed by atoms with Crippen LogP contribution in [0.25, 0.3) is 0 Å². The maximum absolute atomic E-state index is 12.6. The first-order valence-corrected chi connectivity index (χ1v) is 8.21. The molecule has 0 saturated carbocycles. The molecule has 0 amide bonds. The quantitative estimate of drug-likeness (QED) is 0.411. The predicted molar refractivity (Wildman–Crippen MR) is 93.1 cm³/mol. The van der Waals surface area contributed by atoms with Crippen molar-refractivity contribution in [2.45, 2.75) is 26.6 Å². The Morgan fingerprint density at radius 2 is 1.68 bits per heavy atom. The van der Waals surface area contributed by atoms with E-state index in [0.29, 0.717) is 13.1 Å². The number of aromatic amines is 1. The summed E-state index contributed by atoms with van der Waals surface area (Å²) in [4.78, 5) is 16.7. The molecule has 3 aromatic rings. The summed E-state index contributed by atoms with van der Waals surface area (Å²) in [5.74, 6) is -0.501. The van der Waals surface area contributed by atoms with Crippen LogP contribution < -0.4 is 15.3 Å². The summed E-state index contributed by atoms with van der Waals surface area (Å²) in [7, 11) is 0. The van der Waals surface area contributed by atoms with Crippen LogP contribution in [0.5, 0.6) is 0 Å². The van der Waals surface area contributed by atoms with E-state index in [2.05, 4.69) is 10.2 Å². The van der Waals surface area contributed by atoms with Crippen LogP contribution in [0.3, 0.4) is 0 Å². The number of hydrogen-bond donors (Lipinski definition) is 1. The Balaban J connectivity index is 1.89. The third-order valence-corrected chi connectivity index (χ3v) is 3.91. The van der Waals surface area contributed by atoms with Gasteiger partial charge in [0.1, 0.15) is 13.1 Å². The van der Waals surface area contributed by atoms with Gasteiger partial charge < -0.3 is 5.11 Å². The lowest BCUT2D eigenvalue weighted by molar-refractivity contribution is -0.755. The lowest BCUT2D eigenvalue weighted by Gasteiger charge is -2.06. The minimum absolute atomic E-state index is 0.0642. The van der Waals surface area contributed by atoms with Crippen LogP contribution in [0.15, 0.2) is 70.5 Å². The molecule has 0 fully saturated rings. The Morgan fingerprint density at radius 3 is 2.28 bits per heavy atom. The largest absolute Gasteiger partial charge is 0.856 e. The molecule has 0 bridgehead atoms. The van der Waals surface area contributed by atoms with Crippen LogP contribution in [-0.2, 0) is 19.6 Å². The van der Waals surface area contributed by atoms with E-state index in [1.165, 1.54) is 4.68 Å². The van der Waals surface area contributed by atoms with Crippen LogP contribution in [0.2, 0.25) is 0 Å².